The molecule has 0 saturated carbocycles. The number of hydrogen-bond acceptors (Lipinski definition) is 5. The summed E-state index contributed by atoms with van der Waals surface area (Å²) in [6.07, 6.45) is 2.68. The molecule has 21 heavy (non-hydrogen) atoms. The molecule has 2 aromatic heterocycles. The lowest BCUT2D eigenvalue weighted by Crippen LogP contribution is -2.39. The van der Waals surface area contributed by atoms with Gasteiger partial charge in [-0.3, -0.25) is 0 Å². The monoisotopic (exact) mass is 296 g/mol. The van der Waals surface area contributed by atoms with Crippen molar-refractivity contribution in [3.63, 3.8) is 0 Å². The fourth-order valence-electron chi connectivity index (χ4n) is 3.14. The summed E-state index contributed by atoms with van der Waals surface area (Å²) in [5, 5.41) is 2.07. The van der Waals surface area contributed by atoms with E-state index >= 15 is 0 Å². The number of benzene rings is 1. The van der Waals surface area contributed by atoms with Crippen molar-refractivity contribution >= 4 is 27.4 Å². The van der Waals surface area contributed by atoms with Gasteiger partial charge in [0, 0.05) is 13.1 Å². The predicted octanol–water partition coefficient (Wildman–Crippen LogP) is 2.75. The molecule has 1 unspecified atom stereocenters. The Kier molecular flexibility index (Phi) is 3.09. The Morgan fingerprint density at radius 3 is 3.05 bits per heavy atom. The highest BCUT2D eigenvalue weighted by Crippen LogP contribution is 2.36. The minimum absolute atomic E-state index is 0.190. The van der Waals surface area contributed by atoms with Gasteiger partial charge in [0.05, 0.1) is 16.3 Å². The number of anilines is 1. The fourth-order valence-corrected chi connectivity index (χ4v) is 3.99. The van der Waals surface area contributed by atoms with Crippen LogP contribution in [-0.2, 0) is 6.42 Å². The highest BCUT2D eigenvalue weighted by molar-refractivity contribution is 7.17. The van der Waals surface area contributed by atoms with Gasteiger partial charge in [-0.05, 0) is 29.0 Å². The van der Waals surface area contributed by atoms with Crippen LogP contribution in [-0.4, -0.2) is 23.1 Å². The fraction of sp³-hybridized carbons (Fsp3) is 0.250. The summed E-state index contributed by atoms with van der Waals surface area (Å²) in [6.45, 7) is 1.54. The van der Waals surface area contributed by atoms with Gasteiger partial charge >= 0.3 is 0 Å². The third-order valence-corrected chi connectivity index (χ3v) is 5.03. The van der Waals surface area contributed by atoms with Gasteiger partial charge in [-0.1, -0.05) is 24.3 Å². The molecule has 1 aliphatic rings. The van der Waals surface area contributed by atoms with E-state index in [0.717, 1.165) is 29.0 Å². The Hall–Kier alpha value is -1.98. The van der Waals surface area contributed by atoms with Gasteiger partial charge < -0.3 is 10.6 Å². The van der Waals surface area contributed by atoms with E-state index in [4.69, 9.17) is 5.73 Å². The van der Waals surface area contributed by atoms with E-state index < -0.39 is 0 Å². The molecule has 0 bridgehead atoms. The second kappa shape index (κ2) is 5.09. The van der Waals surface area contributed by atoms with E-state index in [2.05, 4.69) is 44.5 Å². The van der Waals surface area contributed by atoms with E-state index in [-0.39, 0.29) is 6.04 Å². The Morgan fingerprint density at radius 2 is 2.14 bits per heavy atom. The molecule has 1 atom stereocenters. The largest absolute Gasteiger partial charge is 0.347 e. The van der Waals surface area contributed by atoms with E-state index in [9.17, 15) is 0 Å². The van der Waals surface area contributed by atoms with Gasteiger partial charge in [-0.2, -0.15) is 0 Å². The number of aromatic nitrogens is 2. The van der Waals surface area contributed by atoms with Crippen LogP contribution in [0.25, 0.3) is 10.2 Å². The van der Waals surface area contributed by atoms with Crippen LogP contribution < -0.4 is 10.6 Å². The van der Waals surface area contributed by atoms with Crippen molar-refractivity contribution in [3.05, 3.63) is 53.2 Å². The first-order valence-corrected chi connectivity index (χ1v) is 7.99. The molecule has 1 aromatic carbocycles. The Morgan fingerprint density at radius 1 is 1.24 bits per heavy atom. The normalized spacial score (nSPS) is 18.0. The van der Waals surface area contributed by atoms with Crippen LogP contribution in [0.15, 0.2) is 42.0 Å². The highest BCUT2D eigenvalue weighted by atomic mass is 32.1. The van der Waals surface area contributed by atoms with Crippen molar-refractivity contribution in [3.8, 4) is 0 Å². The number of rotatable bonds is 2. The first-order chi connectivity index (χ1) is 10.4. The van der Waals surface area contributed by atoms with Gasteiger partial charge in [0.25, 0.3) is 0 Å². The maximum Gasteiger partial charge on any atom is 0.150 e. The predicted molar refractivity (Wildman–Crippen MR) is 86.7 cm³/mol. The number of fused-ring (bicyclic) bond motifs is 2. The summed E-state index contributed by atoms with van der Waals surface area (Å²) >= 11 is 1.69. The zero-order valence-electron chi connectivity index (χ0n) is 11.6. The molecule has 5 heteroatoms. The minimum atomic E-state index is 0.190. The van der Waals surface area contributed by atoms with Gasteiger partial charge in [0.15, 0.2) is 5.82 Å². The molecule has 0 fully saturated rings. The van der Waals surface area contributed by atoms with E-state index in [0.29, 0.717) is 6.54 Å². The topological polar surface area (TPSA) is 55.0 Å². The summed E-state index contributed by atoms with van der Waals surface area (Å²) in [6, 6.07) is 10.8. The molecule has 3 aromatic rings. The van der Waals surface area contributed by atoms with Crippen LogP contribution in [0.5, 0.6) is 0 Å². The molecule has 3 heterocycles. The summed E-state index contributed by atoms with van der Waals surface area (Å²) in [4.78, 5) is 11.2. The van der Waals surface area contributed by atoms with Crippen molar-refractivity contribution in [2.45, 2.75) is 12.5 Å². The summed E-state index contributed by atoms with van der Waals surface area (Å²) < 4.78 is 1.15. The van der Waals surface area contributed by atoms with Crippen molar-refractivity contribution in [2.24, 2.45) is 5.73 Å². The number of thiophene rings is 1. The van der Waals surface area contributed by atoms with Crippen LogP contribution in [0, 0.1) is 0 Å². The maximum atomic E-state index is 6.08. The number of nitrogens with zero attached hydrogens (tertiary/aromatic N) is 3. The first kappa shape index (κ1) is 12.7. The van der Waals surface area contributed by atoms with Crippen LogP contribution in [0.3, 0.4) is 0 Å². The number of nitrogens with two attached hydrogens (primary N) is 1. The molecule has 0 aliphatic carbocycles. The second-order valence-corrected chi connectivity index (χ2v) is 6.14. The summed E-state index contributed by atoms with van der Waals surface area (Å²) in [7, 11) is 0. The van der Waals surface area contributed by atoms with Crippen molar-refractivity contribution in [1.82, 2.24) is 9.97 Å². The average Bonchev–Trinajstić information content (AvgIpc) is 3.02. The third kappa shape index (κ3) is 2.01. The van der Waals surface area contributed by atoms with Gasteiger partial charge in [0.2, 0.25) is 0 Å². The van der Waals surface area contributed by atoms with Crippen LogP contribution in [0.4, 0.5) is 5.82 Å². The highest BCUT2D eigenvalue weighted by Gasteiger charge is 2.28. The standard InChI is InChI=1S/C16H16N4S/c17-9-14-12-4-2-1-3-11(12)5-7-20(14)16-15-13(6-8-21-15)18-10-19-16/h1-4,6,8,10,14H,5,7,9,17H2. The summed E-state index contributed by atoms with van der Waals surface area (Å²) in [5.41, 5.74) is 9.83. The SMILES string of the molecule is NCC1c2ccccc2CCN1c1ncnc2ccsc12. The molecule has 4 nitrogen and oxygen atoms in total. The minimum Gasteiger partial charge on any atom is -0.347 e. The van der Waals surface area contributed by atoms with E-state index in [1.807, 2.05) is 6.07 Å². The van der Waals surface area contributed by atoms with Crippen LogP contribution in [0.2, 0.25) is 0 Å². The molecular weight excluding hydrogens is 280 g/mol. The Bertz CT molecular complexity index is 783. The van der Waals surface area contributed by atoms with Crippen molar-refractivity contribution < 1.29 is 0 Å². The molecule has 2 N–H and O–H groups in total. The maximum absolute atomic E-state index is 6.08. The molecule has 0 spiro atoms. The van der Waals surface area contributed by atoms with Gasteiger partial charge in [0.1, 0.15) is 6.33 Å². The lowest BCUT2D eigenvalue weighted by molar-refractivity contribution is 0.586. The second-order valence-electron chi connectivity index (χ2n) is 5.23. The number of hydrogen-bond donors (Lipinski definition) is 1. The lowest BCUT2D eigenvalue weighted by Gasteiger charge is -2.37. The Labute approximate surface area is 127 Å². The molecular formula is C16H16N4S. The van der Waals surface area contributed by atoms with E-state index in [1.54, 1.807) is 17.7 Å². The molecule has 0 saturated heterocycles. The Balaban J connectivity index is 1.84. The zero-order chi connectivity index (χ0) is 14.2. The van der Waals surface area contributed by atoms with Gasteiger partial charge in [-0.25, -0.2) is 9.97 Å². The van der Waals surface area contributed by atoms with Crippen LogP contribution >= 0.6 is 11.3 Å². The van der Waals surface area contributed by atoms with Crippen molar-refractivity contribution in [1.29, 1.82) is 0 Å². The lowest BCUT2D eigenvalue weighted by atomic mass is 9.92. The molecule has 0 amide bonds. The first-order valence-electron chi connectivity index (χ1n) is 7.11. The molecule has 4 rings (SSSR count). The van der Waals surface area contributed by atoms with Crippen LogP contribution in [0.1, 0.15) is 17.2 Å². The van der Waals surface area contributed by atoms with Gasteiger partial charge in [-0.15, -0.1) is 11.3 Å². The third-order valence-electron chi connectivity index (χ3n) is 4.13. The molecule has 0 radical (unpaired) electrons. The van der Waals surface area contributed by atoms with E-state index in [1.165, 1.54) is 11.1 Å². The average molecular weight is 296 g/mol. The summed E-state index contributed by atoms with van der Waals surface area (Å²) in [5.74, 6) is 1.01. The molecule has 106 valence electrons. The smallest absolute Gasteiger partial charge is 0.150 e. The quantitative estimate of drug-likeness (QED) is 0.790. The zero-order valence-corrected chi connectivity index (χ0v) is 12.4. The molecule has 1 aliphatic heterocycles. The van der Waals surface area contributed by atoms with Crippen molar-refractivity contribution in [2.75, 3.05) is 18.0 Å².